The zero-order valence-electron chi connectivity index (χ0n) is 20.9. The van der Waals surface area contributed by atoms with E-state index in [4.69, 9.17) is 9.47 Å². The molecule has 12 heteroatoms. The molecular formula is C25H33N3O8S. The number of carbonyl (C=O) groups is 1. The smallest absolute Gasteiger partial charge is 0.407 e. The fourth-order valence-corrected chi connectivity index (χ4v) is 5.62. The Morgan fingerprint density at radius 1 is 1.19 bits per heavy atom. The second kappa shape index (κ2) is 13.0. The second-order valence-electron chi connectivity index (χ2n) is 9.37. The highest BCUT2D eigenvalue weighted by Gasteiger charge is 2.32. The van der Waals surface area contributed by atoms with Gasteiger partial charge in [-0.3, -0.25) is 10.1 Å². The molecule has 0 aliphatic carbocycles. The van der Waals surface area contributed by atoms with Gasteiger partial charge in [0.15, 0.2) is 0 Å². The molecule has 1 amide bonds. The van der Waals surface area contributed by atoms with Crippen LogP contribution in [-0.2, 0) is 25.9 Å². The molecule has 3 rings (SSSR count). The second-order valence-corrected chi connectivity index (χ2v) is 11.3. The van der Waals surface area contributed by atoms with Crippen LogP contribution in [0, 0.1) is 16.0 Å². The molecule has 37 heavy (non-hydrogen) atoms. The van der Waals surface area contributed by atoms with Gasteiger partial charge >= 0.3 is 6.09 Å². The SMILES string of the molecule is CC(C)CN(CC(O)[C@H](Cc1ccccc1)NC(=O)OC1CCOC1)S(=O)(=O)c1ccc([N+](=O)[O-])cc1. The van der Waals surface area contributed by atoms with Crippen molar-refractivity contribution in [1.29, 1.82) is 0 Å². The molecule has 2 aromatic carbocycles. The quantitative estimate of drug-likeness (QED) is 0.311. The molecule has 11 nitrogen and oxygen atoms in total. The first-order valence-electron chi connectivity index (χ1n) is 12.1. The van der Waals surface area contributed by atoms with E-state index >= 15 is 0 Å². The molecule has 1 fully saturated rings. The predicted octanol–water partition coefficient (Wildman–Crippen LogP) is 2.73. The number of hydrogen-bond donors (Lipinski definition) is 2. The lowest BCUT2D eigenvalue weighted by Crippen LogP contribution is -2.51. The lowest BCUT2D eigenvalue weighted by atomic mass is 10.0. The standard InChI is InChI=1S/C25H33N3O8S/c1-18(2)15-27(37(33,34)22-10-8-20(9-11-22)28(31)32)16-24(29)23(14-19-6-4-3-5-7-19)26-25(30)36-21-12-13-35-17-21/h3-11,18,21,23-24,29H,12-17H2,1-2H3,(H,26,30)/t21?,23-,24?/m0/s1. The lowest BCUT2D eigenvalue weighted by Gasteiger charge is -2.30. The zero-order chi connectivity index (χ0) is 27.0. The number of aliphatic hydroxyl groups is 1. The van der Waals surface area contributed by atoms with E-state index in [0.717, 1.165) is 22.0 Å². The van der Waals surface area contributed by atoms with Gasteiger partial charge in [-0.05, 0) is 30.0 Å². The average Bonchev–Trinajstić information content (AvgIpc) is 3.36. The molecule has 1 heterocycles. The first-order chi connectivity index (χ1) is 17.6. The van der Waals surface area contributed by atoms with Crippen LogP contribution in [0.3, 0.4) is 0 Å². The van der Waals surface area contributed by atoms with Gasteiger partial charge in [-0.2, -0.15) is 4.31 Å². The van der Waals surface area contributed by atoms with Crippen molar-refractivity contribution in [3.05, 3.63) is 70.3 Å². The maximum atomic E-state index is 13.4. The number of nitrogens with one attached hydrogen (secondary N) is 1. The summed E-state index contributed by atoms with van der Waals surface area (Å²) in [5, 5.41) is 24.9. The van der Waals surface area contributed by atoms with Crippen LogP contribution >= 0.6 is 0 Å². The number of rotatable bonds is 12. The van der Waals surface area contributed by atoms with Crippen molar-refractivity contribution in [2.75, 3.05) is 26.3 Å². The molecule has 1 aliphatic rings. The molecule has 1 saturated heterocycles. The van der Waals surface area contributed by atoms with Crippen LogP contribution in [0.2, 0.25) is 0 Å². The Hall–Kier alpha value is -3.06. The summed E-state index contributed by atoms with van der Waals surface area (Å²) in [4.78, 5) is 22.8. The van der Waals surface area contributed by atoms with E-state index in [9.17, 15) is 28.4 Å². The van der Waals surface area contributed by atoms with Crippen molar-refractivity contribution >= 4 is 21.8 Å². The van der Waals surface area contributed by atoms with Crippen LogP contribution < -0.4 is 5.32 Å². The van der Waals surface area contributed by atoms with Crippen molar-refractivity contribution in [3.8, 4) is 0 Å². The van der Waals surface area contributed by atoms with Gasteiger partial charge < -0.3 is 19.9 Å². The van der Waals surface area contributed by atoms with E-state index in [2.05, 4.69) is 5.32 Å². The van der Waals surface area contributed by atoms with Gasteiger partial charge in [0.05, 0.1) is 35.2 Å². The minimum atomic E-state index is -4.10. The lowest BCUT2D eigenvalue weighted by molar-refractivity contribution is -0.384. The van der Waals surface area contributed by atoms with E-state index in [0.29, 0.717) is 19.6 Å². The molecule has 0 saturated carbocycles. The Morgan fingerprint density at radius 2 is 1.86 bits per heavy atom. The van der Waals surface area contributed by atoms with Gasteiger partial charge in [-0.25, -0.2) is 13.2 Å². The van der Waals surface area contributed by atoms with Gasteiger partial charge in [-0.15, -0.1) is 0 Å². The maximum Gasteiger partial charge on any atom is 0.407 e. The Morgan fingerprint density at radius 3 is 2.43 bits per heavy atom. The van der Waals surface area contributed by atoms with Crippen molar-refractivity contribution in [3.63, 3.8) is 0 Å². The first kappa shape index (κ1) is 28.5. The van der Waals surface area contributed by atoms with E-state index < -0.39 is 33.2 Å². The minimum absolute atomic E-state index is 0.0760. The fourth-order valence-electron chi connectivity index (χ4n) is 4.00. The van der Waals surface area contributed by atoms with Crippen molar-refractivity contribution in [2.45, 2.75) is 49.8 Å². The first-order valence-corrected chi connectivity index (χ1v) is 13.5. The molecule has 0 radical (unpaired) electrons. The molecule has 1 aliphatic heterocycles. The van der Waals surface area contributed by atoms with E-state index in [1.165, 1.54) is 12.1 Å². The predicted molar refractivity (Wildman–Crippen MR) is 135 cm³/mol. The number of amides is 1. The topological polar surface area (TPSA) is 148 Å². The van der Waals surface area contributed by atoms with Crippen LogP contribution in [-0.4, -0.2) is 73.4 Å². The normalized spacial score (nSPS) is 17.5. The summed E-state index contributed by atoms with van der Waals surface area (Å²) < 4.78 is 38.6. The summed E-state index contributed by atoms with van der Waals surface area (Å²) in [5.74, 6) is -0.0760. The fraction of sp³-hybridized carbons (Fsp3) is 0.480. The largest absolute Gasteiger partial charge is 0.444 e. The van der Waals surface area contributed by atoms with Crippen LogP contribution in [0.4, 0.5) is 10.5 Å². The number of aliphatic hydroxyl groups excluding tert-OH is 1. The van der Waals surface area contributed by atoms with Gasteiger partial charge in [0.25, 0.3) is 5.69 Å². The van der Waals surface area contributed by atoms with Crippen LogP contribution in [0.1, 0.15) is 25.8 Å². The summed E-state index contributed by atoms with van der Waals surface area (Å²) in [5.41, 5.74) is 0.609. The Balaban J connectivity index is 1.81. The van der Waals surface area contributed by atoms with Gasteiger partial charge in [0.1, 0.15) is 6.10 Å². The number of nitro groups is 1. The molecule has 0 spiro atoms. The van der Waals surface area contributed by atoms with Crippen molar-refractivity contribution < 1.29 is 32.7 Å². The highest BCUT2D eigenvalue weighted by Crippen LogP contribution is 2.22. The number of non-ortho nitro benzene ring substituents is 1. The van der Waals surface area contributed by atoms with Crippen molar-refractivity contribution in [1.82, 2.24) is 9.62 Å². The number of nitro benzene ring substituents is 1. The maximum absolute atomic E-state index is 13.4. The third kappa shape index (κ3) is 8.22. The monoisotopic (exact) mass is 535 g/mol. The molecule has 0 aromatic heterocycles. The average molecular weight is 536 g/mol. The molecule has 2 unspecified atom stereocenters. The number of ether oxygens (including phenoxy) is 2. The molecule has 3 atom stereocenters. The summed E-state index contributed by atoms with van der Waals surface area (Å²) in [6.45, 7) is 4.27. The van der Waals surface area contributed by atoms with Crippen LogP contribution in [0.5, 0.6) is 0 Å². The van der Waals surface area contributed by atoms with Gasteiger partial charge in [-0.1, -0.05) is 44.2 Å². The summed E-state index contributed by atoms with van der Waals surface area (Å²) >= 11 is 0. The number of sulfonamides is 1. The number of hydrogen-bond acceptors (Lipinski definition) is 8. The highest BCUT2D eigenvalue weighted by molar-refractivity contribution is 7.89. The Bertz CT molecular complexity index is 1140. The molecule has 2 N–H and O–H groups in total. The molecule has 2 aromatic rings. The number of carbonyl (C=O) groups excluding carboxylic acids is 1. The minimum Gasteiger partial charge on any atom is -0.444 e. The van der Waals surface area contributed by atoms with E-state index in [1.54, 1.807) is 0 Å². The molecular weight excluding hydrogens is 502 g/mol. The van der Waals surface area contributed by atoms with Crippen LogP contribution in [0.25, 0.3) is 0 Å². The third-order valence-electron chi connectivity index (χ3n) is 5.87. The Kier molecular flexibility index (Phi) is 9.98. The summed E-state index contributed by atoms with van der Waals surface area (Å²) in [7, 11) is -4.10. The number of alkyl carbamates (subject to hydrolysis) is 1. The number of benzene rings is 2. The third-order valence-corrected chi connectivity index (χ3v) is 7.72. The van der Waals surface area contributed by atoms with Gasteiger partial charge in [0, 0.05) is 31.6 Å². The number of nitrogens with zero attached hydrogens (tertiary/aromatic N) is 2. The van der Waals surface area contributed by atoms with Crippen LogP contribution in [0.15, 0.2) is 59.5 Å². The summed E-state index contributed by atoms with van der Waals surface area (Å²) in [6, 6.07) is 12.9. The Labute approximate surface area is 216 Å². The molecule has 0 bridgehead atoms. The summed E-state index contributed by atoms with van der Waals surface area (Å²) in [6.07, 6.45) is -1.56. The highest BCUT2D eigenvalue weighted by atomic mass is 32.2. The zero-order valence-corrected chi connectivity index (χ0v) is 21.7. The van der Waals surface area contributed by atoms with E-state index in [-0.39, 0.29) is 42.1 Å². The van der Waals surface area contributed by atoms with Crippen molar-refractivity contribution in [2.24, 2.45) is 5.92 Å². The molecule has 202 valence electrons. The van der Waals surface area contributed by atoms with E-state index in [1.807, 2.05) is 44.2 Å². The van der Waals surface area contributed by atoms with Gasteiger partial charge in [0.2, 0.25) is 10.0 Å².